The summed E-state index contributed by atoms with van der Waals surface area (Å²) >= 11 is 1.90. The van der Waals surface area contributed by atoms with E-state index in [0.29, 0.717) is 0 Å². The number of hydrogen-bond acceptors (Lipinski definition) is 2. The van der Waals surface area contributed by atoms with Gasteiger partial charge >= 0.3 is 0 Å². The van der Waals surface area contributed by atoms with Crippen LogP contribution in [0.15, 0.2) is 0 Å². The van der Waals surface area contributed by atoms with Gasteiger partial charge in [0.05, 0.1) is 7.35 Å². The van der Waals surface area contributed by atoms with Crippen molar-refractivity contribution in [1.82, 2.24) is 0 Å². The monoisotopic (exact) mass is 152 g/mol. The molecule has 8 heavy (non-hydrogen) atoms. The summed E-state index contributed by atoms with van der Waals surface area (Å²) < 4.78 is 5.31. The van der Waals surface area contributed by atoms with Crippen molar-refractivity contribution in [3.8, 4) is 0 Å². The van der Waals surface area contributed by atoms with E-state index in [0.717, 1.165) is 6.61 Å². The third kappa shape index (κ3) is 4.89. The second-order valence-corrected chi connectivity index (χ2v) is 5.57. The summed E-state index contributed by atoms with van der Waals surface area (Å²) in [6.45, 7) is 7.19. The lowest BCUT2D eigenvalue weighted by Gasteiger charge is -2.07. The van der Waals surface area contributed by atoms with Crippen molar-refractivity contribution in [2.75, 3.05) is 19.0 Å². The van der Waals surface area contributed by atoms with Crippen molar-refractivity contribution in [3.63, 3.8) is 0 Å². The van der Waals surface area contributed by atoms with Gasteiger partial charge in [-0.25, -0.2) is 0 Å². The molecule has 0 aromatic heterocycles. The Balaban J connectivity index is 2.92. The molecule has 0 aromatic carbocycles. The van der Waals surface area contributed by atoms with Gasteiger partial charge in [0.25, 0.3) is 0 Å². The van der Waals surface area contributed by atoms with Crippen LogP contribution in [-0.2, 0) is 4.52 Å². The molecule has 0 aliphatic carbocycles. The summed E-state index contributed by atoms with van der Waals surface area (Å²) in [5, 5.41) is 0. The minimum atomic E-state index is -0.164. The third-order valence-corrected chi connectivity index (χ3v) is 4.05. The first kappa shape index (κ1) is 8.74. The van der Waals surface area contributed by atoms with Gasteiger partial charge in [-0.1, -0.05) is 6.92 Å². The van der Waals surface area contributed by atoms with E-state index in [-0.39, 0.29) is 7.35 Å². The zero-order valence-corrected chi connectivity index (χ0v) is 7.39. The Morgan fingerprint density at radius 2 is 2.12 bits per heavy atom. The summed E-state index contributed by atoms with van der Waals surface area (Å²) in [5.74, 6) is 1.17. The van der Waals surface area contributed by atoms with Crippen LogP contribution in [0.5, 0.6) is 0 Å². The normalized spacial score (nSPS) is 13.9. The van der Waals surface area contributed by atoms with E-state index in [1.807, 2.05) is 18.3 Å². The Labute approximate surface area is 56.8 Å². The first-order valence-corrected chi connectivity index (χ1v) is 6.10. The second kappa shape index (κ2) is 5.87. The number of rotatable bonds is 4. The standard InChI is InChI=1S/C5H13OPS/c1-4-6-7(3)8-5-2/h4-5H2,1-3H3. The molecule has 0 bridgehead atoms. The molecule has 0 aliphatic rings. The summed E-state index contributed by atoms with van der Waals surface area (Å²) in [5.41, 5.74) is 0. The summed E-state index contributed by atoms with van der Waals surface area (Å²) in [6, 6.07) is 0. The van der Waals surface area contributed by atoms with Crippen molar-refractivity contribution < 1.29 is 4.52 Å². The quantitative estimate of drug-likeness (QED) is 0.573. The first-order chi connectivity index (χ1) is 3.81. The highest BCUT2D eigenvalue weighted by atomic mass is 32.7. The van der Waals surface area contributed by atoms with Crippen LogP contribution in [0.3, 0.4) is 0 Å². The summed E-state index contributed by atoms with van der Waals surface area (Å²) in [4.78, 5) is 0. The van der Waals surface area contributed by atoms with Crippen molar-refractivity contribution >= 4 is 18.7 Å². The Kier molecular flexibility index (Phi) is 6.41. The summed E-state index contributed by atoms with van der Waals surface area (Å²) in [6.07, 6.45) is 0. The lowest BCUT2D eigenvalue weighted by atomic mass is 10.9. The Bertz CT molecular complexity index is 45.7. The highest BCUT2D eigenvalue weighted by Gasteiger charge is 1.96. The molecule has 0 aliphatic heterocycles. The predicted molar refractivity (Wildman–Crippen MR) is 42.6 cm³/mol. The van der Waals surface area contributed by atoms with Crippen LogP contribution in [0.4, 0.5) is 0 Å². The van der Waals surface area contributed by atoms with Gasteiger partial charge in [0.1, 0.15) is 0 Å². The Hall–Kier alpha value is 0.740. The van der Waals surface area contributed by atoms with Gasteiger partial charge in [0.2, 0.25) is 0 Å². The molecule has 1 atom stereocenters. The molecule has 0 amide bonds. The second-order valence-electron chi connectivity index (χ2n) is 1.28. The fourth-order valence-electron chi connectivity index (χ4n) is 0.401. The molecule has 0 spiro atoms. The lowest BCUT2D eigenvalue weighted by Crippen LogP contribution is -1.77. The SMILES string of the molecule is CCOP(C)SCC. The molecule has 0 aromatic rings. The van der Waals surface area contributed by atoms with Crippen LogP contribution < -0.4 is 0 Å². The highest BCUT2D eigenvalue weighted by molar-refractivity contribution is 8.54. The van der Waals surface area contributed by atoms with E-state index in [4.69, 9.17) is 4.52 Å². The zero-order valence-electron chi connectivity index (χ0n) is 5.68. The van der Waals surface area contributed by atoms with E-state index < -0.39 is 0 Å². The number of hydrogen-bond donors (Lipinski definition) is 0. The largest absolute Gasteiger partial charge is 0.349 e. The third-order valence-electron chi connectivity index (χ3n) is 0.622. The topological polar surface area (TPSA) is 9.23 Å². The lowest BCUT2D eigenvalue weighted by molar-refractivity contribution is 0.389. The van der Waals surface area contributed by atoms with Gasteiger partial charge in [0, 0.05) is 6.61 Å². The molecular weight excluding hydrogens is 139 g/mol. The summed E-state index contributed by atoms with van der Waals surface area (Å²) in [7, 11) is -0.164. The van der Waals surface area contributed by atoms with Crippen LogP contribution in [-0.4, -0.2) is 19.0 Å². The van der Waals surface area contributed by atoms with Gasteiger partial charge in [0.15, 0.2) is 0 Å². The molecule has 0 radical (unpaired) electrons. The van der Waals surface area contributed by atoms with Crippen molar-refractivity contribution in [3.05, 3.63) is 0 Å². The molecule has 0 rings (SSSR count). The maximum atomic E-state index is 5.31. The fourth-order valence-corrected chi connectivity index (χ4v) is 2.83. The van der Waals surface area contributed by atoms with Crippen molar-refractivity contribution in [2.45, 2.75) is 13.8 Å². The van der Waals surface area contributed by atoms with E-state index >= 15 is 0 Å². The zero-order chi connectivity index (χ0) is 6.41. The van der Waals surface area contributed by atoms with Gasteiger partial charge in [-0.2, -0.15) is 0 Å². The Morgan fingerprint density at radius 3 is 2.50 bits per heavy atom. The Morgan fingerprint density at radius 1 is 1.50 bits per heavy atom. The smallest absolute Gasteiger partial charge is 0.0855 e. The molecule has 1 unspecified atom stereocenters. The van der Waals surface area contributed by atoms with Crippen molar-refractivity contribution in [2.24, 2.45) is 0 Å². The highest BCUT2D eigenvalue weighted by Crippen LogP contribution is 2.46. The van der Waals surface area contributed by atoms with E-state index in [1.54, 1.807) is 0 Å². The van der Waals surface area contributed by atoms with Gasteiger partial charge in [-0.3, -0.25) is 0 Å². The molecule has 3 heteroatoms. The van der Waals surface area contributed by atoms with Crippen LogP contribution in [0.25, 0.3) is 0 Å². The first-order valence-electron chi connectivity index (χ1n) is 2.80. The predicted octanol–water partition coefficient (Wildman–Crippen LogP) is 2.72. The molecule has 0 N–H and O–H groups in total. The average molecular weight is 152 g/mol. The average Bonchev–Trinajstić information content (AvgIpc) is 1.68. The minimum Gasteiger partial charge on any atom is -0.349 e. The molecule has 0 heterocycles. The van der Waals surface area contributed by atoms with Crippen molar-refractivity contribution in [1.29, 1.82) is 0 Å². The van der Waals surface area contributed by atoms with Gasteiger partial charge in [-0.05, 0) is 19.3 Å². The maximum absolute atomic E-state index is 5.31. The molecule has 50 valence electrons. The van der Waals surface area contributed by atoms with E-state index in [9.17, 15) is 0 Å². The van der Waals surface area contributed by atoms with Gasteiger partial charge < -0.3 is 4.52 Å². The van der Waals surface area contributed by atoms with Crippen LogP contribution in [0, 0.1) is 0 Å². The molecular formula is C5H13OPS. The van der Waals surface area contributed by atoms with Crippen LogP contribution >= 0.6 is 18.7 Å². The molecule has 0 fully saturated rings. The maximum Gasteiger partial charge on any atom is 0.0855 e. The van der Waals surface area contributed by atoms with E-state index in [1.165, 1.54) is 5.75 Å². The van der Waals surface area contributed by atoms with Gasteiger partial charge in [-0.15, -0.1) is 11.4 Å². The van der Waals surface area contributed by atoms with Crippen LogP contribution in [0.2, 0.25) is 0 Å². The molecule has 1 nitrogen and oxygen atoms in total. The van der Waals surface area contributed by atoms with Crippen LogP contribution in [0.1, 0.15) is 13.8 Å². The molecule has 0 saturated heterocycles. The molecule has 0 saturated carbocycles. The fraction of sp³-hybridized carbons (Fsp3) is 1.00. The van der Waals surface area contributed by atoms with E-state index in [2.05, 4.69) is 13.6 Å². The minimum absolute atomic E-state index is 0.164.